The monoisotopic (exact) mass is 83.0 g/mol. The van der Waals surface area contributed by atoms with Crippen LogP contribution in [0.3, 0.4) is 0 Å². The Hall–Kier alpha value is -0.350. The smallest absolute Gasteiger partial charge is 0.100 e. The van der Waals surface area contributed by atoms with E-state index >= 15 is 0 Å². The van der Waals surface area contributed by atoms with Crippen molar-refractivity contribution >= 4 is 17.6 Å². The lowest BCUT2D eigenvalue weighted by Gasteiger charge is -1.43. The molecule has 0 bridgehead atoms. The summed E-state index contributed by atoms with van der Waals surface area (Å²) in [4.78, 5) is 0. The predicted molar refractivity (Wildman–Crippen MR) is 26.0 cm³/mol. The van der Waals surface area contributed by atoms with Crippen molar-refractivity contribution < 1.29 is 0 Å². The maximum Gasteiger partial charge on any atom is 0.114 e. The van der Waals surface area contributed by atoms with Crippen LogP contribution in [0.15, 0.2) is 0 Å². The summed E-state index contributed by atoms with van der Waals surface area (Å²) in [6.07, 6.45) is 0. The molecule has 0 spiro atoms. The molecule has 0 aliphatic carbocycles. The van der Waals surface area contributed by atoms with Gasteiger partial charge in [-0.3, -0.25) is 0 Å². The van der Waals surface area contributed by atoms with Crippen LogP contribution in [0, 0.1) is 11.8 Å². The van der Waals surface area contributed by atoms with Crippen molar-refractivity contribution in [3.05, 3.63) is 0 Å². The van der Waals surface area contributed by atoms with Gasteiger partial charge in [0.25, 0.3) is 0 Å². The first kappa shape index (κ1) is 4.65. The van der Waals surface area contributed by atoms with Gasteiger partial charge in [-0.05, 0) is 6.92 Å². The van der Waals surface area contributed by atoms with Crippen molar-refractivity contribution in [3.8, 4) is 11.8 Å². The highest BCUT2D eigenvalue weighted by Crippen LogP contribution is 1.44. The zero-order valence-corrected chi connectivity index (χ0v) is 3.72. The zero-order valence-electron chi connectivity index (χ0n) is 2.91. The molecule has 0 nitrogen and oxygen atoms in total. The van der Waals surface area contributed by atoms with E-state index in [0.717, 1.165) is 0 Å². The molecule has 0 aromatic carbocycles. The van der Waals surface area contributed by atoms with Crippen molar-refractivity contribution in [1.29, 1.82) is 0 Å². The van der Waals surface area contributed by atoms with Gasteiger partial charge in [-0.2, -0.15) is 0 Å². The molecule has 0 saturated heterocycles. The third-order valence-corrected chi connectivity index (χ3v) is 0.278. The molecule has 0 aliphatic rings. The first-order chi connectivity index (χ1) is 2.41. The SMILES string of the molecule is CC#C[C]=S. The molecule has 25 valence electrons. The quantitative estimate of drug-likeness (QED) is 0.309. The molecule has 0 aliphatic heterocycles. The van der Waals surface area contributed by atoms with Crippen LogP contribution < -0.4 is 0 Å². The lowest BCUT2D eigenvalue weighted by Crippen LogP contribution is -1.46. The molecule has 0 unspecified atom stereocenters. The minimum Gasteiger partial charge on any atom is -0.100 e. The second-order valence-electron chi connectivity index (χ2n) is 0.477. The zero-order chi connectivity index (χ0) is 4.12. The maximum atomic E-state index is 4.23. The minimum absolute atomic E-state index is 1.72. The Morgan fingerprint density at radius 1 is 1.60 bits per heavy atom. The normalized spacial score (nSPS) is 4.20. The van der Waals surface area contributed by atoms with Crippen molar-refractivity contribution in [2.75, 3.05) is 0 Å². The summed E-state index contributed by atoms with van der Waals surface area (Å²) >= 11 is 4.23. The Kier molecular flexibility index (Phi) is 3.39. The van der Waals surface area contributed by atoms with Gasteiger partial charge in [0.05, 0.1) is 0 Å². The molecule has 0 aromatic rings. The molecule has 0 fully saturated rings. The van der Waals surface area contributed by atoms with Crippen molar-refractivity contribution in [3.63, 3.8) is 0 Å². The fourth-order valence-electron chi connectivity index (χ4n) is 0.0510. The Bertz CT molecular complexity index is 73.4. The third kappa shape index (κ3) is 3.65. The van der Waals surface area contributed by atoms with E-state index in [1.165, 1.54) is 0 Å². The van der Waals surface area contributed by atoms with Crippen LogP contribution in [0.25, 0.3) is 0 Å². The van der Waals surface area contributed by atoms with E-state index in [4.69, 9.17) is 0 Å². The van der Waals surface area contributed by atoms with Crippen LogP contribution in [-0.2, 0) is 0 Å². The van der Waals surface area contributed by atoms with Crippen LogP contribution in [0.4, 0.5) is 0 Å². The second-order valence-corrected chi connectivity index (χ2v) is 0.681. The average molecular weight is 83.1 g/mol. The summed E-state index contributed by atoms with van der Waals surface area (Å²) in [7, 11) is 0. The Morgan fingerprint density at radius 2 is 2.20 bits per heavy atom. The lowest BCUT2D eigenvalue weighted by molar-refractivity contribution is 1.93. The molecule has 0 heterocycles. The molecular formula is C4H3S. The Morgan fingerprint density at radius 3 is 2.20 bits per heavy atom. The number of hydrogen-bond donors (Lipinski definition) is 0. The summed E-state index contributed by atoms with van der Waals surface area (Å²) < 4.78 is 0. The maximum absolute atomic E-state index is 4.23. The van der Waals surface area contributed by atoms with E-state index in [2.05, 4.69) is 29.4 Å². The first-order valence-electron chi connectivity index (χ1n) is 1.20. The van der Waals surface area contributed by atoms with Gasteiger partial charge in [-0.25, -0.2) is 0 Å². The molecule has 0 saturated carbocycles. The number of rotatable bonds is 0. The summed E-state index contributed by atoms with van der Waals surface area (Å²) in [6.45, 7) is 1.72. The summed E-state index contributed by atoms with van der Waals surface area (Å²) in [5.41, 5.74) is 0. The standard InChI is InChI=1S/C4H3S/c1-2-3-4-5/h1H3. The van der Waals surface area contributed by atoms with E-state index in [9.17, 15) is 0 Å². The van der Waals surface area contributed by atoms with Gasteiger partial charge in [0.2, 0.25) is 0 Å². The van der Waals surface area contributed by atoms with E-state index < -0.39 is 0 Å². The van der Waals surface area contributed by atoms with Crippen LogP contribution in [0.1, 0.15) is 6.92 Å². The Labute approximate surface area is 37.2 Å². The topological polar surface area (TPSA) is 0 Å². The van der Waals surface area contributed by atoms with Crippen LogP contribution in [0.5, 0.6) is 0 Å². The molecule has 0 N–H and O–H groups in total. The molecule has 0 atom stereocenters. The average Bonchev–Trinajstić information content (AvgIpc) is 1.41. The van der Waals surface area contributed by atoms with Gasteiger partial charge < -0.3 is 0 Å². The highest BCUT2D eigenvalue weighted by molar-refractivity contribution is 7.79. The van der Waals surface area contributed by atoms with E-state index in [0.29, 0.717) is 0 Å². The first-order valence-corrected chi connectivity index (χ1v) is 1.61. The highest BCUT2D eigenvalue weighted by atomic mass is 32.1. The molecule has 0 amide bonds. The number of thiocarbonyl (C=S) groups is 1. The van der Waals surface area contributed by atoms with Crippen LogP contribution >= 0.6 is 12.2 Å². The van der Waals surface area contributed by atoms with Gasteiger partial charge in [0.1, 0.15) is 5.37 Å². The second kappa shape index (κ2) is 3.65. The van der Waals surface area contributed by atoms with Crippen molar-refractivity contribution in [1.82, 2.24) is 0 Å². The molecule has 0 aromatic heterocycles. The summed E-state index contributed by atoms with van der Waals surface area (Å²) in [6, 6.07) is 0. The lowest BCUT2D eigenvalue weighted by atomic mass is 10.7. The highest BCUT2D eigenvalue weighted by Gasteiger charge is 1.41. The van der Waals surface area contributed by atoms with Gasteiger partial charge in [-0.15, -0.1) is 5.92 Å². The van der Waals surface area contributed by atoms with Gasteiger partial charge in [0.15, 0.2) is 0 Å². The van der Waals surface area contributed by atoms with Crippen LogP contribution in [-0.4, -0.2) is 5.37 Å². The van der Waals surface area contributed by atoms with Crippen LogP contribution in [0.2, 0.25) is 0 Å². The molecule has 1 heteroatoms. The Balaban J connectivity index is 3.16. The fourth-order valence-corrected chi connectivity index (χ4v) is 0.153. The van der Waals surface area contributed by atoms with E-state index in [1.54, 1.807) is 6.92 Å². The fraction of sp³-hybridized carbons (Fsp3) is 0.250. The predicted octanol–water partition coefficient (Wildman–Crippen LogP) is 0.886. The van der Waals surface area contributed by atoms with E-state index in [-0.39, 0.29) is 0 Å². The minimum atomic E-state index is 1.72. The number of hydrogen-bond acceptors (Lipinski definition) is 1. The van der Waals surface area contributed by atoms with Gasteiger partial charge >= 0.3 is 0 Å². The third-order valence-electron chi connectivity index (χ3n) is 0.176. The molecule has 5 heavy (non-hydrogen) atoms. The molecular weight excluding hydrogens is 80.1 g/mol. The molecule has 1 radical (unpaired) electrons. The molecule has 0 rings (SSSR count). The largest absolute Gasteiger partial charge is 0.114 e. The van der Waals surface area contributed by atoms with Gasteiger partial charge in [-0.1, -0.05) is 18.1 Å². The van der Waals surface area contributed by atoms with E-state index in [1.807, 2.05) is 0 Å². The van der Waals surface area contributed by atoms with Crippen molar-refractivity contribution in [2.45, 2.75) is 6.92 Å². The summed E-state index contributed by atoms with van der Waals surface area (Å²) in [5, 5.41) is 2.24. The van der Waals surface area contributed by atoms with Gasteiger partial charge in [0, 0.05) is 0 Å². The van der Waals surface area contributed by atoms with Crippen molar-refractivity contribution in [2.24, 2.45) is 0 Å². The summed E-state index contributed by atoms with van der Waals surface area (Å²) in [5.74, 6) is 4.98.